The van der Waals surface area contributed by atoms with Crippen molar-refractivity contribution in [2.24, 2.45) is 0 Å². The highest BCUT2D eigenvalue weighted by Crippen LogP contribution is 2.32. The van der Waals surface area contributed by atoms with Crippen LogP contribution >= 0.6 is 35.6 Å². The third-order valence-electron chi connectivity index (χ3n) is 4.52. The highest BCUT2D eigenvalue weighted by molar-refractivity contribution is 6.30. The Hall–Kier alpha value is -0.770. The van der Waals surface area contributed by atoms with Crippen LogP contribution < -0.4 is 5.32 Å². The average molecular weight is 386 g/mol. The molecular formula is C19H23Cl3N2. The zero-order valence-electron chi connectivity index (χ0n) is 13.9. The van der Waals surface area contributed by atoms with Crippen molar-refractivity contribution in [2.45, 2.75) is 32.0 Å². The molecule has 1 N–H and O–H groups in total. The van der Waals surface area contributed by atoms with E-state index in [2.05, 4.69) is 48.3 Å². The van der Waals surface area contributed by atoms with Gasteiger partial charge in [-0.1, -0.05) is 47.5 Å². The van der Waals surface area contributed by atoms with Gasteiger partial charge in [0.25, 0.3) is 0 Å². The largest absolute Gasteiger partial charge is 0.311 e. The van der Waals surface area contributed by atoms with Gasteiger partial charge in [0.15, 0.2) is 0 Å². The van der Waals surface area contributed by atoms with Gasteiger partial charge in [-0.25, -0.2) is 0 Å². The van der Waals surface area contributed by atoms with Crippen LogP contribution in [0.5, 0.6) is 0 Å². The Labute approximate surface area is 160 Å². The molecule has 3 rings (SSSR count). The fourth-order valence-corrected chi connectivity index (χ4v) is 3.53. The molecule has 1 saturated heterocycles. The second-order valence-corrected chi connectivity index (χ2v) is 7.23. The van der Waals surface area contributed by atoms with Crippen LogP contribution in [0.25, 0.3) is 0 Å². The second-order valence-electron chi connectivity index (χ2n) is 6.36. The second kappa shape index (κ2) is 8.55. The maximum Gasteiger partial charge on any atom is 0.0605 e. The Balaban J connectivity index is 0.00000208. The number of hydrogen-bond donors (Lipinski definition) is 1. The van der Waals surface area contributed by atoms with Crippen molar-refractivity contribution in [1.82, 2.24) is 10.2 Å². The van der Waals surface area contributed by atoms with Crippen molar-refractivity contribution in [2.75, 3.05) is 13.1 Å². The molecule has 5 heteroatoms. The maximum absolute atomic E-state index is 6.08. The summed E-state index contributed by atoms with van der Waals surface area (Å²) in [7, 11) is 0. The summed E-state index contributed by atoms with van der Waals surface area (Å²) >= 11 is 12.2. The number of rotatable bonds is 3. The molecule has 0 aromatic heterocycles. The first-order valence-corrected chi connectivity index (χ1v) is 8.80. The van der Waals surface area contributed by atoms with Gasteiger partial charge in [-0.15, -0.1) is 12.4 Å². The summed E-state index contributed by atoms with van der Waals surface area (Å²) in [4.78, 5) is 2.56. The molecule has 1 aliphatic heterocycles. The summed E-state index contributed by atoms with van der Waals surface area (Å²) in [5, 5.41) is 5.09. The minimum atomic E-state index is 0. The first kappa shape index (κ1) is 19.6. The van der Waals surface area contributed by atoms with E-state index in [-0.39, 0.29) is 18.4 Å². The van der Waals surface area contributed by atoms with Crippen LogP contribution in [0, 0.1) is 0 Å². The summed E-state index contributed by atoms with van der Waals surface area (Å²) in [5.41, 5.74) is 2.52. The van der Waals surface area contributed by atoms with Gasteiger partial charge in [-0.2, -0.15) is 0 Å². The monoisotopic (exact) mass is 384 g/mol. The Morgan fingerprint density at radius 2 is 1.38 bits per heavy atom. The zero-order chi connectivity index (χ0) is 16.4. The van der Waals surface area contributed by atoms with Gasteiger partial charge in [0.1, 0.15) is 0 Å². The van der Waals surface area contributed by atoms with Gasteiger partial charge in [-0.05, 0) is 49.2 Å². The number of nitrogens with zero attached hydrogens (tertiary/aromatic N) is 1. The molecule has 0 spiro atoms. The van der Waals surface area contributed by atoms with Crippen molar-refractivity contribution in [1.29, 1.82) is 0 Å². The predicted molar refractivity (Wildman–Crippen MR) is 106 cm³/mol. The first-order valence-electron chi connectivity index (χ1n) is 8.04. The molecule has 0 amide bonds. The summed E-state index contributed by atoms with van der Waals surface area (Å²) in [5.74, 6) is 0. The normalized spacial score (nSPS) is 21.5. The number of benzene rings is 2. The SMILES string of the molecule is C[C@@H]1CN[C@@H](C)CN1C(c1ccc(Cl)cc1)c1ccc(Cl)cc1.Cl. The fraction of sp³-hybridized carbons (Fsp3) is 0.368. The average Bonchev–Trinajstić information content (AvgIpc) is 2.54. The summed E-state index contributed by atoms with van der Waals surface area (Å²) in [6, 6.07) is 17.5. The lowest BCUT2D eigenvalue weighted by Gasteiger charge is -2.43. The van der Waals surface area contributed by atoms with Crippen molar-refractivity contribution in [3.8, 4) is 0 Å². The molecule has 2 atom stereocenters. The highest BCUT2D eigenvalue weighted by atomic mass is 35.5. The van der Waals surface area contributed by atoms with E-state index < -0.39 is 0 Å². The molecule has 2 aromatic rings. The lowest BCUT2D eigenvalue weighted by Crippen LogP contribution is -2.55. The summed E-state index contributed by atoms with van der Waals surface area (Å²) < 4.78 is 0. The molecule has 24 heavy (non-hydrogen) atoms. The van der Waals surface area contributed by atoms with Gasteiger partial charge in [0, 0.05) is 35.2 Å². The van der Waals surface area contributed by atoms with Crippen molar-refractivity contribution >= 4 is 35.6 Å². The van der Waals surface area contributed by atoms with E-state index in [1.54, 1.807) is 0 Å². The van der Waals surface area contributed by atoms with E-state index in [1.165, 1.54) is 11.1 Å². The predicted octanol–water partition coefficient (Wildman–Crippen LogP) is 5.19. The molecule has 0 unspecified atom stereocenters. The number of hydrogen-bond acceptors (Lipinski definition) is 2. The lowest BCUT2D eigenvalue weighted by atomic mass is 9.94. The molecule has 130 valence electrons. The molecule has 0 saturated carbocycles. The molecular weight excluding hydrogens is 363 g/mol. The minimum Gasteiger partial charge on any atom is -0.311 e. The van der Waals surface area contributed by atoms with Gasteiger partial charge in [0.2, 0.25) is 0 Å². The molecule has 2 aromatic carbocycles. The van der Waals surface area contributed by atoms with Gasteiger partial charge in [-0.3, -0.25) is 4.90 Å². The topological polar surface area (TPSA) is 15.3 Å². The molecule has 2 nitrogen and oxygen atoms in total. The standard InChI is InChI=1S/C19H22Cl2N2.ClH/c1-13-12-23(14(2)11-22-13)19(15-3-7-17(20)8-4-15)16-5-9-18(21)10-6-16;/h3-10,13-14,19,22H,11-12H2,1-2H3;1H/t13-,14+;/m0./s1. The molecule has 1 heterocycles. The molecule has 0 aliphatic carbocycles. The van der Waals surface area contributed by atoms with Gasteiger partial charge in [0.05, 0.1) is 6.04 Å². The molecule has 1 fully saturated rings. The Bertz CT molecular complexity index is 597. The fourth-order valence-electron chi connectivity index (χ4n) is 3.28. The number of nitrogens with one attached hydrogen (secondary N) is 1. The Morgan fingerprint density at radius 1 is 0.917 bits per heavy atom. The zero-order valence-corrected chi connectivity index (χ0v) is 16.2. The molecule has 1 aliphatic rings. The number of halogens is 3. The van der Waals surface area contributed by atoms with Crippen molar-refractivity contribution < 1.29 is 0 Å². The lowest BCUT2D eigenvalue weighted by molar-refractivity contribution is 0.113. The third-order valence-corrected chi connectivity index (χ3v) is 5.02. The summed E-state index contributed by atoms with van der Waals surface area (Å²) in [6.45, 7) is 6.52. The number of piperazine rings is 1. The van der Waals surface area contributed by atoms with Crippen LogP contribution in [0.1, 0.15) is 31.0 Å². The van der Waals surface area contributed by atoms with Crippen molar-refractivity contribution in [3.63, 3.8) is 0 Å². The van der Waals surface area contributed by atoms with Crippen LogP contribution in [-0.4, -0.2) is 30.1 Å². The van der Waals surface area contributed by atoms with Crippen molar-refractivity contribution in [3.05, 3.63) is 69.7 Å². The first-order chi connectivity index (χ1) is 11.0. The van der Waals surface area contributed by atoms with Crippen LogP contribution in [0.2, 0.25) is 10.0 Å². The van der Waals surface area contributed by atoms with E-state index in [4.69, 9.17) is 23.2 Å². The van der Waals surface area contributed by atoms with E-state index in [0.717, 1.165) is 23.1 Å². The molecule has 0 radical (unpaired) electrons. The smallest absolute Gasteiger partial charge is 0.0605 e. The molecule has 0 bridgehead atoms. The Morgan fingerprint density at radius 3 is 1.83 bits per heavy atom. The summed E-state index contributed by atoms with van der Waals surface area (Å²) in [6.07, 6.45) is 0. The van der Waals surface area contributed by atoms with Crippen LogP contribution in [0.3, 0.4) is 0 Å². The Kier molecular flexibility index (Phi) is 6.97. The van der Waals surface area contributed by atoms with E-state index >= 15 is 0 Å². The van der Waals surface area contributed by atoms with Gasteiger partial charge < -0.3 is 5.32 Å². The van der Waals surface area contributed by atoms with Crippen LogP contribution in [0.15, 0.2) is 48.5 Å². The van der Waals surface area contributed by atoms with Crippen LogP contribution in [0.4, 0.5) is 0 Å². The van der Waals surface area contributed by atoms with Crippen LogP contribution in [-0.2, 0) is 0 Å². The third kappa shape index (κ3) is 4.44. The quantitative estimate of drug-likeness (QED) is 0.782. The highest BCUT2D eigenvalue weighted by Gasteiger charge is 2.30. The minimum absolute atomic E-state index is 0. The van der Waals surface area contributed by atoms with E-state index in [0.29, 0.717) is 12.1 Å². The van der Waals surface area contributed by atoms with E-state index in [9.17, 15) is 0 Å². The van der Waals surface area contributed by atoms with E-state index in [1.807, 2.05) is 24.3 Å². The van der Waals surface area contributed by atoms with Gasteiger partial charge >= 0.3 is 0 Å². The maximum atomic E-state index is 6.08.